The maximum Gasteiger partial charge on any atom is 0.214 e. The normalized spacial score (nSPS) is 19.6. The second-order valence-electron chi connectivity index (χ2n) is 4.13. The summed E-state index contributed by atoms with van der Waals surface area (Å²) < 4.78 is 24.8. The van der Waals surface area contributed by atoms with Crippen LogP contribution in [0, 0.1) is 0 Å². The number of benzene rings is 1. The van der Waals surface area contributed by atoms with Gasteiger partial charge >= 0.3 is 0 Å². The van der Waals surface area contributed by atoms with Crippen molar-refractivity contribution in [1.82, 2.24) is 4.31 Å². The largest absolute Gasteiger partial charge is 0.326 e. The molecular formula is C11H15ClN2O2S. The van der Waals surface area contributed by atoms with E-state index in [0.29, 0.717) is 31.1 Å². The van der Waals surface area contributed by atoms with Crippen LogP contribution in [0.2, 0.25) is 5.02 Å². The third-order valence-corrected chi connectivity index (χ3v) is 5.16. The van der Waals surface area contributed by atoms with E-state index in [-0.39, 0.29) is 5.75 Å². The highest BCUT2D eigenvalue weighted by Crippen LogP contribution is 2.23. The number of nitrogens with zero attached hydrogens (tertiary/aromatic N) is 1. The molecule has 0 unspecified atom stereocenters. The average Bonchev–Trinajstić information content (AvgIpc) is 2.61. The molecule has 0 aliphatic carbocycles. The minimum absolute atomic E-state index is 0.242. The Morgan fingerprint density at radius 2 is 2.18 bits per heavy atom. The van der Waals surface area contributed by atoms with Crippen LogP contribution in [0.3, 0.4) is 0 Å². The van der Waals surface area contributed by atoms with Gasteiger partial charge in [-0.25, -0.2) is 8.42 Å². The molecule has 0 bridgehead atoms. The van der Waals surface area contributed by atoms with Gasteiger partial charge in [-0.05, 0) is 23.6 Å². The second kappa shape index (κ2) is 4.94. The molecule has 1 fully saturated rings. The number of hydrogen-bond acceptors (Lipinski definition) is 3. The minimum atomic E-state index is -3.07. The number of halogens is 1. The van der Waals surface area contributed by atoms with E-state index in [9.17, 15) is 8.42 Å². The van der Waals surface area contributed by atoms with Crippen molar-refractivity contribution in [2.24, 2.45) is 5.73 Å². The molecule has 0 radical (unpaired) electrons. The first-order valence-corrected chi connectivity index (χ1v) is 7.47. The molecule has 1 aromatic carbocycles. The Hall–Kier alpha value is -0.620. The summed E-state index contributed by atoms with van der Waals surface area (Å²) in [5.41, 5.74) is 7.29. The summed E-state index contributed by atoms with van der Waals surface area (Å²) in [5, 5.41) is 0.579. The van der Waals surface area contributed by atoms with Crippen LogP contribution in [0.15, 0.2) is 18.2 Å². The summed E-state index contributed by atoms with van der Waals surface area (Å²) in [4.78, 5) is 0. The fourth-order valence-corrected chi connectivity index (χ4v) is 3.66. The van der Waals surface area contributed by atoms with Gasteiger partial charge in [0.1, 0.15) is 0 Å². The topological polar surface area (TPSA) is 63.4 Å². The molecule has 0 aromatic heterocycles. The molecule has 0 amide bonds. The molecule has 2 N–H and O–H groups in total. The van der Waals surface area contributed by atoms with Crippen LogP contribution in [0.1, 0.15) is 17.5 Å². The molecule has 94 valence electrons. The van der Waals surface area contributed by atoms with Crippen molar-refractivity contribution in [3.05, 3.63) is 34.3 Å². The summed E-state index contributed by atoms with van der Waals surface area (Å²) in [6.45, 7) is 1.37. The Balaban J connectivity index is 2.19. The molecule has 0 spiro atoms. The van der Waals surface area contributed by atoms with Gasteiger partial charge < -0.3 is 5.73 Å². The van der Waals surface area contributed by atoms with E-state index in [4.69, 9.17) is 17.3 Å². The molecular weight excluding hydrogens is 260 g/mol. The van der Waals surface area contributed by atoms with E-state index in [1.54, 1.807) is 6.07 Å². The van der Waals surface area contributed by atoms with Crippen LogP contribution >= 0.6 is 11.6 Å². The van der Waals surface area contributed by atoms with E-state index < -0.39 is 10.0 Å². The first-order valence-electron chi connectivity index (χ1n) is 5.48. The molecule has 0 atom stereocenters. The fraction of sp³-hybridized carbons (Fsp3) is 0.455. The predicted molar refractivity (Wildman–Crippen MR) is 68.2 cm³/mol. The van der Waals surface area contributed by atoms with Gasteiger partial charge in [0.2, 0.25) is 10.0 Å². The number of rotatable bonds is 3. The molecule has 6 heteroatoms. The van der Waals surface area contributed by atoms with E-state index >= 15 is 0 Å². The molecule has 0 saturated carbocycles. The van der Waals surface area contributed by atoms with Crippen molar-refractivity contribution in [3.63, 3.8) is 0 Å². The van der Waals surface area contributed by atoms with Gasteiger partial charge in [0.25, 0.3) is 0 Å². The number of nitrogens with two attached hydrogens (primary N) is 1. The molecule has 17 heavy (non-hydrogen) atoms. The average molecular weight is 275 g/mol. The van der Waals surface area contributed by atoms with Crippen molar-refractivity contribution in [2.45, 2.75) is 19.5 Å². The Morgan fingerprint density at radius 1 is 1.41 bits per heavy atom. The summed E-state index contributed by atoms with van der Waals surface area (Å²) in [5.74, 6) is 0.242. The molecule has 1 heterocycles. The highest BCUT2D eigenvalue weighted by molar-refractivity contribution is 7.89. The zero-order valence-corrected chi connectivity index (χ0v) is 11.0. The van der Waals surface area contributed by atoms with Crippen LogP contribution in [0.5, 0.6) is 0 Å². The second-order valence-corrected chi connectivity index (χ2v) is 6.63. The minimum Gasteiger partial charge on any atom is -0.326 e. The van der Waals surface area contributed by atoms with Gasteiger partial charge in [0.15, 0.2) is 0 Å². The van der Waals surface area contributed by atoms with Gasteiger partial charge in [0, 0.05) is 24.7 Å². The van der Waals surface area contributed by atoms with Crippen LogP contribution < -0.4 is 5.73 Å². The fourth-order valence-electron chi connectivity index (χ4n) is 1.90. The molecule has 1 aliphatic heterocycles. The van der Waals surface area contributed by atoms with Gasteiger partial charge in [-0.3, -0.25) is 0 Å². The Bertz CT molecular complexity index is 516. The smallest absolute Gasteiger partial charge is 0.214 e. The first kappa shape index (κ1) is 12.8. The zero-order chi connectivity index (χ0) is 12.5. The van der Waals surface area contributed by atoms with E-state index in [2.05, 4.69) is 0 Å². The lowest BCUT2D eigenvalue weighted by Crippen LogP contribution is -2.25. The Kier molecular flexibility index (Phi) is 3.73. The van der Waals surface area contributed by atoms with Crippen LogP contribution in [-0.4, -0.2) is 25.0 Å². The van der Waals surface area contributed by atoms with Gasteiger partial charge in [-0.2, -0.15) is 4.31 Å². The molecule has 1 saturated heterocycles. The van der Waals surface area contributed by atoms with Crippen molar-refractivity contribution in [3.8, 4) is 0 Å². The standard InChI is InChI=1S/C11H15ClN2O2S/c12-11-6-9(7-13)2-3-10(11)8-14-4-1-5-17(14,15)16/h2-3,6H,1,4-5,7-8,13H2. The SMILES string of the molecule is NCc1ccc(CN2CCCS2(=O)=O)c(Cl)c1. The highest BCUT2D eigenvalue weighted by Gasteiger charge is 2.28. The summed E-state index contributed by atoms with van der Waals surface area (Å²) in [6.07, 6.45) is 0.695. The van der Waals surface area contributed by atoms with Crippen molar-refractivity contribution < 1.29 is 8.42 Å². The quantitative estimate of drug-likeness (QED) is 0.905. The van der Waals surface area contributed by atoms with E-state index in [1.807, 2.05) is 12.1 Å². The van der Waals surface area contributed by atoms with Crippen LogP contribution in [0.25, 0.3) is 0 Å². The monoisotopic (exact) mass is 274 g/mol. The van der Waals surface area contributed by atoms with Gasteiger partial charge in [-0.15, -0.1) is 0 Å². The number of sulfonamides is 1. The van der Waals surface area contributed by atoms with Crippen LogP contribution in [0.4, 0.5) is 0 Å². The third-order valence-electron chi connectivity index (χ3n) is 2.90. The summed E-state index contributed by atoms with van der Waals surface area (Å²) in [7, 11) is -3.07. The van der Waals surface area contributed by atoms with Gasteiger partial charge in [-0.1, -0.05) is 23.7 Å². The maximum absolute atomic E-state index is 11.7. The van der Waals surface area contributed by atoms with Crippen LogP contribution in [-0.2, 0) is 23.1 Å². The van der Waals surface area contributed by atoms with E-state index in [0.717, 1.165) is 11.1 Å². The lowest BCUT2D eigenvalue weighted by atomic mass is 10.1. The molecule has 2 rings (SSSR count). The zero-order valence-electron chi connectivity index (χ0n) is 9.39. The van der Waals surface area contributed by atoms with E-state index in [1.165, 1.54) is 4.31 Å². The summed E-state index contributed by atoms with van der Waals surface area (Å²) >= 11 is 6.10. The lowest BCUT2D eigenvalue weighted by Gasteiger charge is -2.15. The Morgan fingerprint density at radius 3 is 2.71 bits per heavy atom. The molecule has 1 aliphatic rings. The maximum atomic E-state index is 11.7. The predicted octanol–water partition coefficient (Wildman–Crippen LogP) is 1.33. The molecule has 1 aromatic rings. The number of hydrogen-bond donors (Lipinski definition) is 1. The van der Waals surface area contributed by atoms with Crippen molar-refractivity contribution >= 4 is 21.6 Å². The third kappa shape index (κ3) is 2.80. The Labute approximate surface area is 106 Å². The summed E-state index contributed by atoms with van der Waals surface area (Å²) in [6, 6.07) is 5.52. The highest BCUT2D eigenvalue weighted by atomic mass is 35.5. The lowest BCUT2D eigenvalue weighted by molar-refractivity contribution is 0.440. The molecule has 4 nitrogen and oxygen atoms in total. The van der Waals surface area contributed by atoms with Gasteiger partial charge in [0.05, 0.1) is 5.75 Å². The van der Waals surface area contributed by atoms with Crippen molar-refractivity contribution in [1.29, 1.82) is 0 Å². The first-order chi connectivity index (χ1) is 8.03. The van der Waals surface area contributed by atoms with Crippen molar-refractivity contribution in [2.75, 3.05) is 12.3 Å².